The molecule has 1 aromatic rings. The Labute approximate surface area is 145 Å². The average molecular weight is 358 g/mol. The molecule has 0 bridgehead atoms. The number of rotatable bonds is 3. The minimum absolute atomic E-state index is 0.0218. The number of piperidine rings is 2. The quantitative estimate of drug-likeness (QED) is 0.829. The summed E-state index contributed by atoms with van der Waals surface area (Å²) >= 11 is 5.85. The van der Waals surface area contributed by atoms with Gasteiger partial charge in [0, 0.05) is 51.6 Å². The molecule has 0 aliphatic carbocycles. The number of carbonyl (C=O) groups excluding carboxylic acids is 1. The van der Waals surface area contributed by atoms with Gasteiger partial charge in [0.15, 0.2) is 0 Å². The topological polar surface area (TPSA) is 36.4 Å². The Bertz CT molecular complexity index is 564. The maximum atomic E-state index is 13.2. The van der Waals surface area contributed by atoms with Gasteiger partial charge >= 0.3 is 0 Å². The Balaban J connectivity index is 1.45. The van der Waals surface area contributed by atoms with Gasteiger partial charge in [0.2, 0.25) is 5.91 Å². The summed E-state index contributed by atoms with van der Waals surface area (Å²) in [6.07, 6.45) is 3.52. The number of hydrogen-bond acceptors (Lipinski definition) is 3. The van der Waals surface area contributed by atoms with Crippen LogP contribution in [0.3, 0.4) is 0 Å². The van der Waals surface area contributed by atoms with Gasteiger partial charge in [-0.2, -0.15) is 0 Å². The van der Waals surface area contributed by atoms with Crippen LogP contribution in [0.2, 0.25) is 5.02 Å². The fraction of sp³-hybridized carbons (Fsp3) is 0.647. The van der Waals surface area contributed by atoms with E-state index < -0.39 is 5.92 Å². The number of nitrogens with zero attached hydrogens (tertiary/aromatic N) is 3. The molecule has 2 aliphatic heterocycles. The molecule has 0 radical (unpaired) electrons. The van der Waals surface area contributed by atoms with Crippen molar-refractivity contribution in [1.82, 2.24) is 9.88 Å². The third-order valence-corrected chi connectivity index (χ3v) is 5.18. The molecule has 0 unspecified atom stereocenters. The number of carbonyl (C=O) groups is 1. The molecule has 0 atom stereocenters. The van der Waals surface area contributed by atoms with E-state index in [0.717, 1.165) is 31.7 Å². The van der Waals surface area contributed by atoms with E-state index >= 15 is 0 Å². The number of likely N-dealkylation sites (tertiary alicyclic amines) is 1. The number of alkyl halides is 2. The van der Waals surface area contributed by atoms with Crippen molar-refractivity contribution in [1.29, 1.82) is 0 Å². The minimum atomic E-state index is -2.60. The van der Waals surface area contributed by atoms with E-state index in [4.69, 9.17) is 11.6 Å². The van der Waals surface area contributed by atoms with Crippen LogP contribution in [0.4, 0.5) is 14.6 Å². The van der Waals surface area contributed by atoms with Gasteiger partial charge in [-0.15, -0.1) is 0 Å². The van der Waals surface area contributed by atoms with Gasteiger partial charge in [-0.25, -0.2) is 13.8 Å². The number of amides is 1. The monoisotopic (exact) mass is 357 g/mol. The summed E-state index contributed by atoms with van der Waals surface area (Å²) in [6.45, 7) is 2.06. The van der Waals surface area contributed by atoms with E-state index in [9.17, 15) is 13.6 Å². The molecule has 3 heterocycles. The van der Waals surface area contributed by atoms with Crippen molar-refractivity contribution in [2.75, 3.05) is 31.1 Å². The van der Waals surface area contributed by atoms with Gasteiger partial charge in [-0.05, 0) is 30.9 Å². The first-order valence-corrected chi connectivity index (χ1v) is 8.83. The lowest BCUT2D eigenvalue weighted by Gasteiger charge is -2.35. The van der Waals surface area contributed by atoms with E-state index in [2.05, 4.69) is 9.88 Å². The summed E-state index contributed by atoms with van der Waals surface area (Å²) in [5, 5.41) is 0.617. The lowest BCUT2D eigenvalue weighted by molar-refractivity contribution is -0.138. The van der Waals surface area contributed by atoms with Crippen LogP contribution in [0, 0.1) is 5.92 Å². The summed E-state index contributed by atoms with van der Waals surface area (Å²) in [7, 11) is 0. The molecule has 7 heteroatoms. The lowest BCUT2D eigenvalue weighted by Crippen LogP contribution is -2.44. The predicted molar refractivity (Wildman–Crippen MR) is 89.6 cm³/mol. The van der Waals surface area contributed by atoms with Gasteiger partial charge in [-0.1, -0.05) is 11.6 Å². The molecule has 2 fully saturated rings. The lowest BCUT2D eigenvalue weighted by atomic mass is 9.92. The Morgan fingerprint density at radius 3 is 2.46 bits per heavy atom. The van der Waals surface area contributed by atoms with E-state index in [-0.39, 0.29) is 31.8 Å². The highest BCUT2D eigenvalue weighted by atomic mass is 35.5. The van der Waals surface area contributed by atoms with Crippen LogP contribution in [0.5, 0.6) is 0 Å². The zero-order chi connectivity index (χ0) is 17.2. The highest BCUT2D eigenvalue weighted by Crippen LogP contribution is 2.29. The summed E-state index contributed by atoms with van der Waals surface area (Å²) in [5.41, 5.74) is 0. The molecular weight excluding hydrogens is 336 g/mol. The Morgan fingerprint density at radius 1 is 1.21 bits per heavy atom. The summed E-state index contributed by atoms with van der Waals surface area (Å²) in [4.78, 5) is 20.4. The molecule has 1 amide bonds. The Kier molecular flexibility index (Phi) is 5.23. The van der Waals surface area contributed by atoms with Crippen molar-refractivity contribution < 1.29 is 13.6 Å². The Morgan fingerprint density at radius 2 is 1.88 bits per heavy atom. The van der Waals surface area contributed by atoms with E-state index in [1.165, 1.54) is 0 Å². The standard InChI is InChI=1S/C17H22ClF2N3O/c18-14-1-2-15(21-12-14)22-7-3-13(4-8-22)11-16(24)23-9-5-17(19,20)6-10-23/h1-2,12-13H,3-11H2. The predicted octanol–water partition coefficient (Wildman–Crippen LogP) is 3.60. The molecule has 24 heavy (non-hydrogen) atoms. The fourth-order valence-corrected chi connectivity index (χ4v) is 3.49. The van der Waals surface area contributed by atoms with Crippen LogP contribution in [0.1, 0.15) is 32.1 Å². The number of aromatic nitrogens is 1. The number of pyridine rings is 1. The summed E-state index contributed by atoms with van der Waals surface area (Å²) in [5.74, 6) is -1.35. The molecule has 0 aromatic carbocycles. The second kappa shape index (κ2) is 7.21. The molecule has 4 nitrogen and oxygen atoms in total. The van der Waals surface area contributed by atoms with Crippen molar-refractivity contribution >= 4 is 23.3 Å². The second-order valence-electron chi connectivity index (χ2n) is 6.71. The Hall–Kier alpha value is -1.43. The van der Waals surface area contributed by atoms with E-state index in [0.29, 0.717) is 17.4 Å². The SMILES string of the molecule is O=C(CC1CCN(c2ccc(Cl)cn2)CC1)N1CCC(F)(F)CC1. The highest BCUT2D eigenvalue weighted by molar-refractivity contribution is 6.30. The van der Waals surface area contributed by atoms with Crippen molar-refractivity contribution in [3.63, 3.8) is 0 Å². The van der Waals surface area contributed by atoms with Crippen molar-refractivity contribution in [3.8, 4) is 0 Å². The maximum absolute atomic E-state index is 13.2. The average Bonchev–Trinajstić information content (AvgIpc) is 2.56. The maximum Gasteiger partial charge on any atom is 0.251 e. The number of halogens is 3. The second-order valence-corrected chi connectivity index (χ2v) is 7.14. The summed E-state index contributed by atoms with van der Waals surface area (Å²) < 4.78 is 26.3. The molecule has 0 N–H and O–H groups in total. The number of hydrogen-bond donors (Lipinski definition) is 0. The van der Waals surface area contributed by atoms with Gasteiger partial charge in [0.25, 0.3) is 5.92 Å². The molecule has 0 spiro atoms. The van der Waals surface area contributed by atoms with Gasteiger partial charge in [0.1, 0.15) is 5.82 Å². The zero-order valence-corrected chi connectivity index (χ0v) is 14.3. The van der Waals surface area contributed by atoms with E-state index in [1.807, 2.05) is 12.1 Å². The normalized spacial score (nSPS) is 21.8. The fourth-order valence-electron chi connectivity index (χ4n) is 3.38. The summed E-state index contributed by atoms with van der Waals surface area (Å²) in [6, 6.07) is 3.73. The molecule has 1 aromatic heterocycles. The van der Waals surface area contributed by atoms with Crippen molar-refractivity contribution in [2.24, 2.45) is 5.92 Å². The minimum Gasteiger partial charge on any atom is -0.357 e. The van der Waals surface area contributed by atoms with Crippen molar-refractivity contribution in [2.45, 2.75) is 38.0 Å². The molecule has 0 saturated carbocycles. The third kappa shape index (κ3) is 4.35. The van der Waals surface area contributed by atoms with Crippen LogP contribution < -0.4 is 4.90 Å². The largest absolute Gasteiger partial charge is 0.357 e. The van der Waals surface area contributed by atoms with Crippen molar-refractivity contribution in [3.05, 3.63) is 23.4 Å². The van der Waals surface area contributed by atoms with E-state index in [1.54, 1.807) is 11.1 Å². The van der Waals surface area contributed by atoms with Gasteiger partial charge in [-0.3, -0.25) is 4.79 Å². The molecule has 132 valence electrons. The third-order valence-electron chi connectivity index (χ3n) is 4.96. The highest BCUT2D eigenvalue weighted by Gasteiger charge is 2.36. The molecule has 3 rings (SSSR count). The first-order chi connectivity index (χ1) is 11.4. The molecule has 2 aliphatic rings. The number of anilines is 1. The van der Waals surface area contributed by atoms with Crippen LogP contribution in [0.15, 0.2) is 18.3 Å². The van der Waals surface area contributed by atoms with Crippen LogP contribution in [-0.2, 0) is 4.79 Å². The van der Waals surface area contributed by atoms with Crippen LogP contribution in [0.25, 0.3) is 0 Å². The molecule has 2 saturated heterocycles. The van der Waals surface area contributed by atoms with Crippen LogP contribution >= 0.6 is 11.6 Å². The first-order valence-electron chi connectivity index (χ1n) is 8.45. The van der Waals surface area contributed by atoms with Gasteiger partial charge < -0.3 is 9.80 Å². The first kappa shape index (κ1) is 17.4. The van der Waals surface area contributed by atoms with Crippen LogP contribution in [-0.4, -0.2) is 47.9 Å². The van der Waals surface area contributed by atoms with Gasteiger partial charge in [0.05, 0.1) is 5.02 Å². The smallest absolute Gasteiger partial charge is 0.251 e. The zero-order valence-electron chi connectivity index (χ0n) is 13.6. The molecular formula is C17H22ClF2N3O.